The highest BCUT2D eigenvalue weighted by atomic mass is 16.5. The molecule has 122 valence electrons. The average molecular weight is 311 g/mol. The van der Waals surface area contributed by atoms with E-state index in [1.165, 1.54) is 44.1 Å². The quantitative estimate of drug-likeness (QED) is 0.860. The lowest BCUT2D eigenvalue weighted by atomic mass is 9.50. The highest BCUT2D eigenvalue weighted by Gasteiger charge is 2.51. The van der Waals surface area contributed by atoms with E-state index < -0.39 is 0 Å². The molecule has 0 unspecified atom stereocenters. The van der Waals surface area contributed by atoms with Crippen LogP contribution in [0, 0.1) is 23.2 Å². The molecular formula is C19H25N3O. The maximum atomic E-state index is 6.41. The molecule has 4 aliphatic carbocycles. The van der Waals surface area contributed by atoms with Crippen LogP contribution in [0.1, 0.15) is 51.0 Å². The Morgan fingerprint density at radius 2 is 1.87 bits per heavy atom. The van der Waals surface area contributed by atoms with Crippen molar-refractivity contribution in [2.45, 2.75) is 51.9 Å². The molecule has 4 nitrogen and oxygen atoms in total. The fourth-order valence-electron chi connectivity index (χ4n) is 5.99. The van der Waals surface area contributed by atoms with Gasteiger partial charge in [0, 0.05) is 23.2 Å². The van der Waals surface area contributed by atoms with Crippen molar-refractivity contribution < 1.29 is 4.74 Å². The van der Waals surface area contributed by atoms with Crippen molar-refractivity contribution in [2.24, 2.45) is 23.2 Å². The molecule has 4 heteroatoms. The maximum Gasteiger partial charge on any atom is 0.164 e. The van der Waals surface area contributed by atoms with Crippen LogP contribution in [0.2, 0.25) is 0 Å². The molecular weight excluding hydrogens is 286 g/mol. The van der Waals surface area contributed by atoms with Crippen LogP contribution in [0.15, 0.2) is 18.6 Å². The van der Waals surface area contributed by atoms with E-state index in [1.54, 1.807) is 6.33 Å². The first-order chi connectivity index (χ1) is 11.2. The number of aryl methyl sites for hydroxylation is 1. The van der Waals surface area contributed by atoms with Crippen LogP contribution in [0.3, 0.4) is 0 Å². The zero-order valence-corrected chi connectivity index (χ0v) is 13.9. The van der Waals surface area contributed by atoms with Crippen molar-refractivity contribution in [3.05, 3.63) is 24.2 Å². The fraction of sp³-hybridized carbons (Fsp3) is 0.684. The lowest BCUT2D eigenvalue weighted by Crippen LogP contribution is -2.48. The van der Waals surface area contributed by atoms with E-state index in [9.17, 15) is 0 Å². The lowest BCUT2D eigenvalue weighted by Gasteiger charge is -2.56. The summed E-state index contributed by atoms with van der Waals surface area (Å²) in [5.41, 5.74) is 2.59. The van der Waals surface area contributed by atoms with Gasteiger partial charge in [0.2, 0.25) is 0 Å². The summed E-state index contributed by atoms with van der Waals surface area (Å²) >= 11 is 0. The number of aromatic nitrogens is 3. The topological polar surface area (TPSA) is 39.4 Å². The summed E-state index contributed by atoms with van der Waals surface area (Å²) in [4.78, 5) is 0. The van der Waals surface area contributed by atoms with Gasteiger partial charge in [0.1, 0.15) is 12.1 Å². The van der Waals surface area contributed by atoms with E-state index in [4.69, 9.17) is 4.74 Å². The molecule has 2 aromatic rings. The molecule has 0 aromatic carbocycles. The molecule has 6 rings (SSSR count). The maximum absolute atomic E-state index is 6.41. The first-order valence-electron chi connectivity index (χ1n) is 9.18. The second-order valence-corrected chi connectivity index (χ2v) is 8.32. The minimum absolute atomic E-state index is 0.458. The predicted molar refractivity (Wildman–Crippen MR) is 88.5 cm³/mol. The molecule has 0 atom stereocenters. The van der Waals surface area contributed by atoms with E-state index in [-0.39, 0.29) is 0 Å². The molecule has 4 bridgehead atoms. The Balaban J connectivity index is 1.40. The third-order valence-electron chi connectivity index (χ3n) is 6.55. The molecule has 0 saturated heterocycles. The van der Waals surface area contributed by atoms with Gasteiger partial charge in [-0.15, -0.1) is 10.2 Å². The number of hydrogen-bond donors (Lipinski definition) is 0. The Kier molecular flexibility index (Phi) is 2.98. The van der Waals surface area contributed by atoms with Crippen molar-refractivity contribution in [3.63, 3.8) is 0 Å². The molecule has 0 aliphatic heterocycles. The van der Waals surface area contributed by atoms with Gasteiger partial charge in [-0.05, 0) is 62.7 Å². The number of fused-ring (bicyclic) bond motifs is 1. The van der Waals surface area contributed by atoms with Gasteiger partial charge >= 0.3 is 0 Å². The SMILES string of the molecule is CCc1cn2cnnc2cc1OCC12CC3CC(CC(C3)C1)C2. The number of ether oxygens (including phenoxy) is 1. The first kappa shape index (κ1) is 13.8. The Hall–Kier alpha value is -1.58. The van der Waals surface area contributed by atoms with E-state index in [2.05, 4.69) is 29.4 Å². The van der Waals surface area contributed by atoms with E-state index in [1.807, 2.05) is 4.40 Å². The third kappa shape index (κ3) is 2.26. The van der Waals surface area contributed by atoms with Crippen LogP contribution in [-0.4, -0.2) is 21.2 Å². The number of pyridine rings is 1. The van der Waals surface area contributed by atoms with Crippen molar-refractivity contribution in [1.82, 2.24) is 14.6 Å². The summed E-state index contributed by atoms with van der Waals surface area (Å²) in [6.45, 7) is 3.08. The van der Waals surface area contributed by atoms with Gasteiger partial charge in [-0.3, -0.25) is 4.40 Å². The zero-order valence-electron chi connectivity index (χ0n) is 13.9. The average Bonchev–Trinajstić information content (AvgIpc) is 2.98. The van der Waals surface area contributed by atoms with Gasteiger partial charge in [0.25, 0.3) is 0 Å². The standard InChI is InChI=1S/C19H25N3O/c1-2-16-10-22-12-20-21-18(22)6-17(16)23-11-19-7-13-3-14(8-19)5-15(4-13)9-19/h6,10,12-15H,2-5,7-9,11H2,1H3. The van der Waals surface area contributed by atoms with Gasteiger partial charge in [-0.25, -0.2) is 0 Å². The summed E-state index contributed by atoms with van der Waals surface area (Å²) in [5, 5.41) is 8.15. The van der Waals surface area contributed by atoms with Crippen LogP contribution >= 0.6 is 0 Å². The normalized spacial score (nSPS) is 35.1. The van der Waals surface area contributed by atoms with Gasteiger partial charge < -0.3 is 4.74 Å². The lowest BCUT2D eigenvalue weighted by molar-refractivity contribution is -0.0746. The summed E-state index contributed by atoms with van der Waals surface area (Å²) in [7, 11) is 0. The molecule has 23 heavy (non-hydrogen) atoms. The fourth-order valence-corrected chi connectivity index (χ4v) is 5.99. The van der Waals surface area contributed by atoms with Crippen molar-refractivity contribution in [1.29, 1.82) is 0 Å². The summed E-state index contributed by atoms with van der Waals surface area (Å²) in [5.74, 6) is 3.96. The van der Waals surface area contributed by atoms with Crippen LogP contribution in [0.25, 0.3) is 5.65 Å². The van der Waals surface area contributed by atoms with E-state index >= 15 is 0 Å². The minimum Gasteiger partial charge on any atom is -0.493 e. The van der Waals surface area contributed by atoms with Crippen LogP contribution in [0.4, 0.5) is 0 Å². The Morgan fingerprint density at radius 3 is 2.52 bits per heavy atom. The zero-order chi connectivity index (χ0) is 15.4. The number of hydrogen-bond acceptors (Lipinski definition) is 3. The van der Waals surface area contributed by atoms with Crippen molar-refractivity contribution in [2.75, 3.05) is 6.61 Å². The van der Waals surface area contributed by atoms with Crippen LogP contribution < -0.4 is 4.74 Å². The smallest absolute Gasteiger partial charge is 0.164 e. The monoisotopic (exact) mass is 311 g/mol. The molecule has 0 radical (unpaired) electrons. The Bertz CT molecular complexity index is 700. The molecule has 4 saturated carbocycles. The van der Waals surface area contributed by atoms with E-state index in [0.717, 1.165) is 42.2 Å². The molecule has 2 heterocycles. The largest absolute Gasteiger partial charge is 0.493 e. The minimum atomic E-state index is 0.458. The molecule has 0 spiro atoms. The Labute approximate surface area is 137 Å². The van der Waals surface area contributed by atoms with Gasteiger partial charge in [-0.2, -0.15) is 0 Å². The first-order valence-corrected chi connectivity index (χ1v) is 9.18. The summed E-state index contributed by atoms with van der Waals surface area (Å²) in [6, 6.07) is 2.06. The van der Waals surface area contributed by atoms with Gasteiger partial charge in [0.05, 0.1) is 6.61 Å². The van der Waals surface area contributed by atoms with Crippen molar-refractivity contribution in [3.8, 4) is 5.75 Å². The van der Waals surface area contributed by atoms with Gasteiger partial charge in [-0.1, -0.05) is 6.92 Å². The van der Waals surface area contributed by atoms with Crippen LogP contribution in [0.5, 0.6) is 5.75 Å². The molecule has 0 amide bonds. The molecule has 0 N–H and O–H groups in total. The summed E-state index contributed by atoms with van der Waals surface area (Å²) < 4.78 is 8.39. The highest BCUT2D eigenvalue weighted by molar-refractivity contribution is 5.47. The predicted octanol–water partition coefficient (Wildman–Crippen LogP) is 3.89. The van der Waals surface area contributed by atoms with E-state index in [0.29, 0.717) is 5.41 Å². The third-order valence-corrected chi connectivity index (χ3v) is 6.55. The van der Waals surface area contributed by atoms with Crippen LogP contribution in [-0.2, 0) is 6.42 Å². The summed E-state index contributed by atoms with van der Waals surface area (Å²) in [6.07, 6.45) is 13.5. The Morgan fingerprint density at radius 1 is 1.17 bits per heavy atom. The second kappa shape index (κ2) is 4.96. The number of rotatable bonds is 4. The highest BCUT2D eigenvalue weighted by Crippen LogP contribution is 2.60. The van der Waals surface area contributed by atoms with Crippen molar-refractivity contribution >= 4 is 5.65 Å². The van der Waals surface area contributed by atoms with Gasteiger partial charge in [0.15, 0.2) is 5.65 Å². The number of nitrogens with zero attached hydrogens (tertiary/aromatic N) is 3. The molecule has 4 fully saturated rings. The molecule has 4 aliphatic rings. The second-order valence-electron chi connectivity index (χ2n) is 8.32. The molecule has 2 aromatic heterocycles.